The number of nitrogens with zero attached hydrogens (tertiary/aromatic N) is 1. The van der Waals surface area contributed by atoms with Crippen LogP contribution in [0.4, 0.5) is 4.79 Å². The summed E-state index contributed by atoms with van der Waals surface area (Å²) < 4.78 is 5.39. The summed E-state index contributed by atoms with van der Waals surface area (Å²) in [5.41, 5.74) is 4.01. The normalized spacial score (nSPS) is 14.0. The summed E-state index contributed by atoms with van der Waals surface area (Å²) in [5, 5.41) is 17.6. The Morgan fingerprint density at radius 3 is 1.89 bits per heavy atom. The van der Waals surface area contributed by atoms with Crippen molar-refractivity contribution in [1.29, 1.82) is 0 Å². The maximum absolute atomic E-state index is 13.7. The fourth-order valence-corrected chi connectivity index (χ4v) is 5.35. The molecular weight excluding hydrogens is 564 g/mol. The molecule has 3 aromatic carbocycles. The molecule has 8 heteroatoms. The minimum absolute atomic E-state index is 0.0998. The van der Waals surface area contributed by atoms with Gasteiger partial charge >= 0.3 is 6.09 Å². The second-order valence-electron chi connectivity index (χ2n) is 12.3. The number of alkyl carbamates (subject to hydrolysis) is 1. The number of aromatic amines is 1. The van der Waals surface area contributed by atoms with Crippen molar-refractivity contribution in [1.82, 2.24) is 20.6 Å². The zero-order valence-electron chi connectivity index (χ0n) is 26.6. The number of H-pyrrole nitrogens is 1. The van der Waals surface area contributed by atoms with Crippen LogP contribution in [0.15, 0.2) is 97.2 Å². The van der Waals surface area contributed by atoms with Crippen molar-refractivity contribution in [3.8, 4) is 0 Å². The van der Waals surface area contributed by atoms with Gasteiger partial charge in [-0.15, -0.1) is 0 Å². The molecule has 0 unspecified atom stereocenters. The second kappa shape index (κ2) is 16.6. The number of aliphatic hydroxyl groups excluding tert-OH is 1. The van der Waals surface area contributed by atoms with Crippen molar-refractivity contribution < 1.29 is 19.4 Å². The average Bonchev–Trinajstić information content (AvgIpc) is 3.54. The zero-order valence-corrected chi connectivity index (χ0v) is 26.6. The number of amides is 2. The highest BCUT2D eigenvalue weighted by atomic mass is 16.5. The highest BCUT2D eigenvalue weighted by molar-refractivity contribution is 5.86. The standard InChI is InChI=1S/C37H46N4O4/c1-25(2)32-23-38-35(39-32)30(20-27-14-8-5-9-15-27)22-33(42)31(21-28-16-10-6-11-17-28)40-36(43)34(26(3)4)41-37(44)45-24-29-18-12-7-13-19-29/h5-19,23,25-26,30-31,33-34,42H,20-22,24H2,1-4H3,(H,38,39)(H,40,43)(H,41,44)/t30-,31+,33+,34+/m1/s1. The lowest BCUT2D eigenvalue weighted by Crippen LogP contribution is -2.55. The summed E-state index contributed by atoms with van der Waals surface area (Å²) in [6.45, 7) is 8.05. The minimum atomic E-state index is -0.895. The number of hydrogen-bond acceptors (Lipinski definition) is 5. The highest BCUT2D eigenvalue weighted by Crippen LogP contribution is 2.27. The number of carbonyl (C=O) groups is 2. The fourth-order valence-electron chi connectivity index (χ4n) is 5.35. The van der Waals surface area contributed by atoms with E-state index in [0.717, 1.165) is 28.2 Å². The molecule has 238 valence electrons. The quantitative estimate of drug-likeness (QED) is 0.126. The van der Waals surface area contributed by atoms with Crippen LogP contribution in [0.25, 0.3) is 0 Å². The van der Waals surface area contributed by atoms with E-state index < -0.39 is 24.3 Å². The van der Waals surface area contributed by atoms with Gasteiger partial charge in [0.25, 0.3) is 0 Å². The Kier molecular flexibility index (Phi) is 12.3. The van der Waals surface area contributed by atoms with Crippen LogP contribution in [0.5, 0.6) is 0 Å². The lowest BCUT2D eigenvalue weighted by Gasteiger charge is -2.30. The molecule has 8 nitrogen and oxygen atoms in total. The molecule has 0 fully saturated rings. The van der Waals surface area contributed by atoms with E-state index in [0.29, 0.717) is 25.2 Å². The predicted molar refractivity (Wildman–Crippen MR) is 177 cm³/mol. The Morgan fingerprint density at radius 2 is 1.36 bits per heavy atom. The minimum Gasteiger partial charge on any atom is -0.445 e. The molecule has 0 saturated heterocycles. The first kappa shape index (κ1) is 33.5. The Hall–Kier alpha value is -4.43. The molecule has 1 aromatic heterocycles. The summed E-state index contributed by atoms with van der Waals surface area (Å²) in [4.78, 5) is 34.6. The number of ether oxygens (including phenoxy) is 1. The number of aliphatic hydroxyl groups is 1. The van der Waals surface area contributed by atoms with Crippen LogP contribution in [-0.2, 0) is 29.0 Å². The molecule has 0 saturated carbocycles. The van der Waals surface area contributed by atoms with Gasteiger partial charge < -0.3 is 25.5 Å². The van der Waals surface area contributed by atoms with Crippen molar-refractivity contribution in [3.05, 3.63) is 125 Å². The van der Waals surface area contributed by atoms with E-state index in [1.807, 2.05) is 98.9 Å². The zero-order chi connectivity index (χ0) is 32.2. The Labute approximate surface area is 266 Å². The molecular formula is C37H46N4O4. The molecule has 4 rings (SSSR count). The monoisotopic (exact) mass is 610 g/mol. The van der Waals surface area contributed by atoms with Crippen molar-refractivity contribution in [2.75, 3.05) is 0 Å². The summed E-state index contributed by atoms with van der Waals surface area (Å²) >= 11 is 0. The largest absolute Gasteiger partial charge is 0.445 e. The number of imidazole rings is 1. The van der Waals surface area contributed by atoms with Gasteiger partial charge in [0.2, 0.25) is 5.91 Å². The van der Waals surface area contributed by atoms with Crippen LogP contribution in [0.1, 0.15) is 74.2 Å². The first-order valence-electron chi connectivity index (χ1n) is 15.8. The molecule has 2 amide bonds. The topological polar surface area (TPSA) is 116 Å². The van der Waals surface area contributed by atoms with Gasteiger partial charge in [-0.2, -0.15) is 0 Å². The Morgan fingerprint density at radius 1 is 0.800 bits per heavy atom. The maximum atomic E-state index is 13.7. The average molecular weight is 611 g/mol. The van der Waals surface area contributed by atoms with E-state index in [2.05, 4.69) is 41.6 Å². The maximum Gasteiger partial charge on any atom is 0.408 e. The van der Waals surface area contributed by atoms with Crippen LogP contribution in [-0.4, -0.2) is 45.3 Å². The van der Waals surface area contributed by atoms with E-state index in [9.17, 15) is 14.7 Å². The van der Waals surface area contributed by atoms with Crippen molar-refractivity contribution in [3.63, 3.8) is 0 Å². The van der Waals surface area contributed by atoms with Gasteiger partial charge in [-0.05, 0) is 47.8 Å². The molecule has 0 bridgehead atoms. The van der Waals surface area contributed by atoms with Crippen molar-refractivity contribution in [2.45, 2.75) is 83.6 Å². The van der Waals surface area contributed by atoms with Crippen LogP contribution < -0.4 is 10.6 Å². The number of rotatable bonds is 15. The number of benzene rings is 3. The van der Waals surface area contributed by atoms with E-state index >= 15 is 0 Å². The third kappa shape index (κ3) is 10.3. The molecule has 4 aromatic rings. The predicted octanol–water partition coefficient (Wildman–Crippen LogP) is 6.29. The molecule has 0 aliphatic rings. The number of aromatic nitrogens is 2. The van der Waals surface area contributed by atoms with E-state index in [1.165, 1.54) is 0 Å². The Bertz CT molecular complexity index is 1460. The van der Waals surface area contributed by atoms with Gasteiger partial charge in [0, 0.05) is 17.8 Å². The highest BCUT2D eigenvalue weighted by Gasteiger charge is 2.31. The van der Waals surface area contributed by atoms with Gasteiger partial charge in [-0.3, -0.25) is 4.79 Å². The Balaban J connectivity index is 1.51. The second-order valence-corrected chi connectivity index (χ2v) is 12.3. The van der Waals surface area contributed by atoms with E-state index in [4.69, 9.17) is 9.72 Å². The van der Waals surface area contributed by atoms with Crippen molar-refractivity contribution >= 4 is 12.0 Å². The van der Waals surface area contributed by atoms with E-state index in [1.54, 1.807) is 0 Å². The first-order valence-corrected chi connectivity index (χ1v) is 15.8. The smallest absolute Gasteiger partial charge is 0.408 e. The van der Waals surface area contributed by atoms with E-state index in [-0.39, 0.29) is 24.3 Å². The lowest BCUT2D eigenvalue weighted by molar-refractivity contribution is -0.125. The summed E-state index contributed by atoms with van der Waals surface area (Å²) in [6, 6.07) is 27.8. The van der Waals surface area contributed by atoms with Gasteiger partial charge in [0.05, 0.1) is 12.1 Å². The third-order valence-corrected chi connectivity index (χ3v) is 8.00. The SMILES string of the molecule is CC(C)c1cnc([C@H](Cc2ccccc2)C[C@H](O)[C@H](Cc2ccccc2)NC(=O)[C@@H](NC(=O)OCc2ccccc2)C(C)C)[nH]1. The van der Waals surface area contributed by atoms with Gasteiger partial charge in [0.1, 0.15) is 18.5 Å². The molecule has 45 heavy (non-hydrogen) atoms. The molecule has 4 atom stereocenters. The van der Waals surface area contributed by atoms with Gasteiger partial charge in [-0.1, -0.05) is 119 Å². The third-order valence-electron chi connectivity index (χ3n) is 8.00. The number of hydrogen-bond donors (Lipinski definition) is 4. The first-order chi connectivity index (χ1) is 21.7. The molecule has 4 N–H and O–H groups in total. The molecule has 0 aliphatic heterocycles. The molecule has 1 heterocycles. The van der Waals surface area contributed by atoms with Crippen LogP contribution in [0.2, 0.25) is 0 Å². The van der Waals surface area contributed by atoms with Crippen LogP contribution in [0.3, 0.4) is 0 Å². The summed E-state index contributed by atoms with van der Waals surface area (Å²) in [7, 11) is 0. The number of nitrogens with one attached hydrogen (secondary N) is 3. The summed E-state index contributed by atoms with van der Waals surface area (Å²) in [6.07, 6.45) is 1.77. The molecule has 0 spiro atoms. The van der Waals surface area contributed by atoms with Crippen LogP contribution in [0, 0.1) is 5.92 Å². The number of carbonyl (C=O) groups excluding carboxylic acids is 2. The van der Waals surface area contributed by atoms with Gasteiger partial charge in [0.15, 0.2) is 0 Å². The molecule has 0 radical (unpaired) electrons. The van der Waals surface area contributed by atoms with Gasteiger partial charge in [-0.25, -0.2) is 9.78 Å². The van der Waals surface area contributed by atoms with Crippen molar-refractivity contribution in [2.24, 2.45) is 5.92 Å². The van der Waals surface area contributed by atoms with Crippen LogP contribution >= 0.6 is 0 Å². The molecule has 0 aliphatic carbocycles. The fraction of sp³-hybridized carbons (Fsp3) is 0.378. The lowest BCUT2D eigenvalue weighted by atomic mass is 9.88. The summed E-state index contributed by atoms with van der Waals surface area (Å²) in [5.74, 6) is 0.401.